The molecule has 2 fully saturated rings. The molecule has 2 aromatic rings. The van der Waals surface area contributed by atoms with Crippen molar-refractivity contribution in [3.8, 4) is 6.07 Å². The van der Waals surface area contributed by atoms with Crippen LogP contribution in [0.5, 0.6) is 0 Å². The highest BCUT2D eigenvalue weighted by molar-refractivity contribution is 6.30. The maximum atomic E-state index is 13.7. The number of nitrogens with zero attached hydrogens (tertiary/aromatic N) is 4. The van der Waals surface area contributed by atoms with E-state index >= 15 is 0 Å². The third-order valence-electron chi connectivity index (χ3n) is 6.31. The van der Waals surface area contributed by atoms with Crippen molar-refractivity contribution in [2.45, 2.75) is 69.9 Å². The zero-order chi connectivity index (χ0) is 26.0. The van der Waals surface area contributed by atoms with Crippen LogP contribution in [0.25, 0.3) is 11.1 Å². The SMILES string of the molecule is CC(C)(C)OC(=O)N1CCN(C(=O)c2cc3nc(Cl)cc(C4(C#N)CC(F)(F)C4)c3o2)C(C)(C)C1. The Bertz CT molecular complexity index is 1240. The van der Waals surface area contributed by atoms with Gasteiger partial charge in [0.05, 0.1) is 17.0 Å². The monoisotopic (exact) mass is 508 g/mol. The fourth-order valence-electron chi connectivity index (χ4n) is 4.76. The van der Waals surface area contributed by atoms with Crippen LogP contribution in [0.15, 0.2) is 16.5 Å². The number of hydrogen-bond acceptors (Lipinski definition) is 6. The van der Waals surface area contributed by atoms with Gasteiger partial charge in [-0.25, -0.2) is 18.6 Å². The predicted octanol–water partition coefficient (Wildman–Crippen LogP) is 5.14. The van der Waals surface area contributed by atoms with Crippen LogP contribution in [0.4, 0.5) is 13.6 Å². The summed E-state index contributed by atoms with van der Waals surface area (Å²) in [5, 5.41) is 9.71. The quantitative estimate of drug-likeness (QED) is 0.520. The molecule has 0 spiro atoms. The highest BCUT2D eigenvalue weighted by Crippen LogP contribution is 2.54. The second-order valence-electron chi connectivity index (χ2n) is 10.9. The molecule has 0 bridgehead atoms. The van der Waals surface area contributed by atoms with Crippen LogP contribution in [-0.2, 0) is 10.2 Å². The minimum absolute atomic E-state index is 0.0171. The lowest BCUT2D eigenvalue weighted by atomic mass is 9.63. The van der Waals surface area contributed by atoms with E-state index in [1.807, 2.05) is 19.9 Å². The van der Waals surface area contributed by atoms with Crippen molar-refractivity contribution < 1.29 is 27.5 Å². The molecule has 0 unspecified atom stereocenters. The summed E-state index contributed by atoms with van der Waals surface area (Å²) in [5.41, 5.74) is -2.34. The van der Waals surface area contributed by atoms with Crippen molar-refractivity contribution in [1.29, 1.82) is 5.26 Å². The number of piperazine rings is 1. The normalized spacial score (nSPS) is 20.8. The van der Waals surface area contributed by atoms with Crippen LogP contribution in [0, 0.1) is 11.3 Å². The lowest BCUT2D eigenvalue weighted by molar-refractivity contribution is -0.108. The molecule has 11 heteroatoms. The van der Waals surface area contributed by atoms with Gasteiger partial charge in [-0.2, -0.15) is 5.26 Å². The van der Waals surface area contributed by atoms with Crippen LogP contribution in [0.2, 0.25) is 5.15 Å². The van der Waals surface area contributed by atoms with Crippen molar-refractivity contribution in [2.24, 2.45) is 0 Å². The van der Waals surface area contributed by atoms with Gasteiger partial charge in [0.1, 0.15) is 16.3 Å². The number of amides is 2. The molecule has 1 aliphatic heterocycles. The van der Waals surface area contributed by atoms with Crippen molar-refractivity contribution in [3.05, 3.63) is 28.6 Å². The molecule has 0 radical (unpaired) electrons. The molecule has 1 saturated heterocycles. The number of alkyl halides is 2. The summed E-state index contributed by atoms with van der Waals surface area (Å²) >= 11 is 6.12. The molecule has 35 heavy (non-hydrogen) atoms. The van der Waals surface area contributed by atoms with Crippen LogP contribution in [0.1, 0.15) is 63.6 Å². The number of halogens is 3. The molecular weight excluding hydrogens is 482 g/mol. The number of fused-ring (bicyclic) bond motifs is 1. The Morgan fingerprint density at radius 2 is 1.89 bits per heavy atom. The number of carbonyl (C=O) groups excluding carboxylic acids is 2. The van der Waals surface area contributed by atoms with E-state index < -0.39 is 47.3 Å². The standard InChI is InChI=1S/C24H27ClF2N4O4/c1-21(2,3)35-20(33)30-6-7-31(22(4,5)13-30)19(32)16-9-15-18(34-16)14(8-17(25)29-15)23(12-28)10-24(26,27)11-23/h8-9H,6-7,10-11,13H2,1-5H3. The first-order valence-electron chi connectivity index (χ1n) is 11.3. The Morgan fingerprint density at radius 1 is 1.23 bits per heavy atom. The number of nitriles is 1. The van der Waals surface area contributed by atoms with Gasteiger partial charge in [0.25, 0.3) is 11.8 Å². The molecule has 2 amide bonds. The number of ether oxygens (including phenoxy) is 1. The number of hydrogen-bond donors (Lipinski definition) is 0. The third kappa shape index (κ3) is 4.66. The Hall–Kier alpha value is -2.93. The molecule has 1 saturated carbocycles. The van der Waals surface area contributed by atoms with Gasteiger partial charge in [0, 0.05) is 44.1 Å². The average Bonchev–Trinajstić information content (AvgIpc) is 3.12. The first-order chi connectivity index (χ1) is 16.1. The predicted molar refractivity (Wildman–Crippen MR) is 123 cm³/mol. The summed E-state index contributed by atoms with van der Waals surface area (Å²) < 4.78 is 38.7. The first kappa shape index (κ1) is 25.2. The Labute approximate surface area is 206 Å². The molecule has 8 nitrogen and oxygen atoms in total. The van der Waals surface area contributed by atoms with Crippen LogP contribution in [-0.4, -0.2) is 63.5 Å². The molecule has 2 aliphatic rings. The van der Waals surface area contributed by atoms with Crippen molar-refractivity contribution >= 4 is 34.7 Å². The van der Waals surface area contributed by atoms with Gasteiger partial charge in [0.2, 0.25) is 0 Å². The minimum atomic E-state index is -2.96. The van der Waals surface area contributed by atoms with Crippen LogP contribution in [0.3, 0.4) is 0 Å². The number of aromatic nitrogens is 1. The third-order valence-corrected chi connectivity index (χ3v) is 6.50. The van der Waals surface area contributed by atoms with Crippen molar-refractivity contribution in [2.75, 3.05) is 19.6 Å². The Balaban J connectivity index is 1.62. The molecular formula is C24H27ClF2N4O4. The van der Waals surface area contributed by atoms with E-state index in [1.165, 1.54) is 12.1 Å². The summed E-state index contributed by atoms with van der Waals surface area (Å²) in [5.74, 6) is -3.45. The molecule has 1 aliphatic carbocycles. The molecule has 3 heterocycles. The summed E-state index contributed by atoms with van der Waals surface area (Å²) in [7, 11) is 0. The van der Waals surface area contributed by atoms with E-state index in [1.54, 1.807) is 30.6 Å². The Kier molecular flexibility index (Phi) is 5.79. The highest BCUT2D eigenvalue weighted by atomic mass is 35.5. The Morgan fingerprint density at radius 3 is 2.43 bits per heavy atom. The second kappa shape index (κ2) is 8.05. The van der Waals surface area contributed by atoms with Gasteiger partial charge in [-0.1, -0.05) is 11.6 Å². The van der Waals surface area contributed by atoms with Crippen LogP contribution < -0.4 is 0 Å². The molecule has 0 N–H and O–H groups in total. The van der Waals surface area contributed by atoms with Crippen molar-refractivity contribution in [1.82, 2.24) is 14.8 Å². The van der Waals surface area contributed by atoms with Crippen LogP contribution >= 0.6 is 11.6 Å². The summed E-state index contributed by atoms with van der Waals surface area (Å²) in [6, 6.07) is 4.74. The fourth-order valence-corrected chi connectivity index (χ4v) is 4.96. The van der Waals surface area contributed by atoms with E-state index in [2.05, 4.69) is 4.98 Å². The topological polar surface area (TPSA) is 99.7 Å². The molecule has 0 atom stereocenters. The highest BCUT2D eigenvalue weighted by Gasteiger charge is 2.59. The van der Waals surface area contributed by atoms with Gasteiger partial charge in [-0.15, -0.1) is 0 Å². The van der Waals surface area contributed by atoms with Gasteiger partial charge in [0.15, 0.2) is 11.3 Å². The number of rotatable bonds is 2. The maximum Gasteiger partial charge on any atom is 0.410 e. The van der Waals surface area contributed by atoms with Gasteiger partial charge >= 0.3 is 6.09 Å². The molecule has 188 valence electrons. The van der Waals surface area contributed by atoms with E-state index in [9.17, 15) is 23.6 Å². The summed E-state index contributed by atoms with van der Waals surface area (Å²) in [4.78, 5) is 33.3. The maximum absolute atomic E-state index is 13.7. The van der Waals surface area contributed by atoms with Gasteiger partial charge < -0.3 is 19.0 Å². The van der Waals surface area contributed by atoms with E-state index in [4.69, 9.17) is 20.8 Å². The van der Waals surface area contributed by atoms with E-state index in [0.29, 0.717) is 0 Å². The lowest BCUT2D eigenvalue weighted by Crippen LogP contribution is -2.62. The largest absolute Gasteiger partial charge is 0.449 e. The number of furan rings is 1. The number of pyridine rings is 1. The minimum Gasteiger partial charge on any atom is -0.449 e. The van der Waals surface area contributed by atoms with E-state index in [0.717, 1.165) is 0 Å². The first-order valence-corrected chi connectivity index (χ1v) is 11.6. The average molecular weight is 509 g/mol. The molecule has 4 rings (SSSR count). The van der Waals surface area contributed by atoms with Gasteiger partial charge in [-0.05, 0) is 40.7 Å². The summed E-state index contributed by atoms with van der Waals surface area (Å²) in [6.45, 7) is 9.75. The zero-order valence-electron chi connectivity index (χ0n) is 20.2. The molecule has 2 aromatic heterocycles. The fraction of sp³-hybridized carbons (Fsp3) is 0.583. The second-order valence-corrected chi connectivity index (χ2v) is 11.3. The van der Waals surface area contributed by atoms with Gasteiger partial charge in [-0.3, -0.25) is 4.79 Å². The summed E-state index contributed by atoms with van der Waals surface area (Å²) in [6.07, 6.45) is -1.77. The van der Waals surface area contributed by atoms with E-state index in [-0.39, 0.29) is 47.2 Å². The zero-order valence-corrected chi connectivity index (χ0v) is 21.0. The molecule has 0 aromatic carbocycles. The number of carbonyl (C=O) groups is 2. The smallest absolute Gasteiger partial charge is 0.410 e. The lowest BCUT2D eigenvalue weighted by Gasteiger charge is -2.46. The van der Waals surface area contributed by atoms with Crippen molar-refractivity contribution in [3.63, 3.8) is 0 Å².